The summed E-state index contributed by atoms with van der Waals surface area (Å²) in [4.78, 5) is 0. The Kier molecular flexibility index (Phi) is 1.80. The molecular weight excluding hydrogens is 247 g/mol. The summed E-state index contributed by atoms with van der Waals surface area (Å²) < 4.78 is 26.3. The van der Waals surface area contributed by atoms with Gasteiger partial charge in [-0.15, -0.1) is 0 Å². The molecule has 0 saturated heterocycles. The average molecular weight is 268 g/mol. The van der Waals surface area contributed by atoms with Crippen molar-refractivity contribution in [1.29, 1.82) is 0 Å². The molecule has 1 aromatic heterocycles. The summed E-state index contributed by atoms with van der Waals surface area (Å²) >= 11 is 0.128. The maximum atomic E-state index is 8.08. The Morgan fingerprint density at radius 2 is 1.87 bits per heavy atom. The molecule has 1 aromatic carbocycles. The summed E-state index contributed by atoms with van der Waals surface area (Å²) in [5, 5.41) is 1.07. The minimum atomic E-state index is 0.0797. The Hall–Kier alpha value is -0.521. The third-order valence-corrected chi connectivity index (χ3v) is 6.06. The molecule has 0 atom stereocenters. The molecule has 0 aliphatic carbocycles. The van der Waals surface area contributed by atoms with Crippen LogP contribution in [0.5, 0.6) is 0 Å². The van der Waals surface area contributed by atoms with Gasteiger partial charge in [-0.05, 0) is 0 Å². The number of rotatable bonds is 0. The van der Waals surface area contributed by atoms with Crippen LogP contribution in [0, 0.1) is 13.8 Å². The molecule has 1 heterocycles. The monoisotopic (exact) mass is 269 g/mol. The summed E-state index contributed by atoms with van der Waals surface area (Å²) in [6.45, 7) is 10.6. The van der Waals surface area contributed by atoms with Crippen LogP contribution in [0.3, 0.4) is 0 Å². The molecule has 80 valence electrons. The molecule has 0 aliphatic rings. The van der Waals surface area contributed by atoms with Gasteiger partial charge >= 0.3 is 102 Å². The van der Waals surface area contributed by atoms with E-state index >= 15 is 0 Å². The van der Waals surface area contributed by atoms with E-state index in [1.54, 1.807) is 0 Å². The van der Waals surface area contributed by atoms with Gasteiger partial charge in [-0.3, -0.25) is 0 Å². The van der Waals surface area contributed by atoms with Gasteiger partial charge in [0.1, 0.15) is 0 Å². The van der Waals surface area contributed by atoms with E-state index in [-0.39, 0.29) is 38.0 Å². The van der Waals surface area contributed by atoms with Crippen LogP contribution in [0.2, 0.25) is 0 Å². The van der Waals surface area contributed by atoms with E-state index in [0.29, 0.717) is 0 Å². The fraction of sp³-hybridized carbons (Fsp3) is 0.429. The Morgan fingerprint density at radius 1 is 1.20 bits per heavy atom. The van der Waals surface area contributed by atoms with Crippen molar-refractivity contribution in [2.75, 3.05) is 0 Å². The van der Waals surface area contributed by atoms with Crippen molar-refractivity contribution >= 4 is 24.1 Å². The average Bonchev–Trinajstić information content (AvgIpc) is 2.61. The van der Waals surface area contributed by atoms with Crippen LogP contribution in [0.15, 0.2) is 18.1 Å². The number of hydrogen-bond acceptors (Lipinski definition) is 0. The van der Waals surface area contributed by atoms with Gasteiger partial charge < -0.3 is 0 Å². The molecule has 2 aromatic rings. The van der Waals surface area contributed by atoms with Gasteiger partial charge in [-0.2, -0.15) is 0 Å². The number of benzene rings is 1. The third-order valence-electron chi connectivity index (χ3n) is 2.63. The standard InChI is InChI=1S/C14H18Se/c1-9-7-6-8-11-12(9)10(2)13(15-11)14(3,4)5/h6-8H,1-5H3/i6D,7D,8D. The van der Waals surface area contributed by atoms with E-state index in [2.05, 4.69) is 27.7 Å². The maximum absolute atomic E-state index is 8.08. The topological polar surface area (TPSA) is 0 Å². The molecule has 2 rings (SSSR count). The predicted octanol–water partition coefficient (Wildman–Crippen LogP) is 3.81. The van der Waals surface area contributed by atoms with Gasteiger partial charge in [0.25, 0.3) is 0 Å². The van der Waals surface area contributed by atoms with Crippen LogP contribution >= 0.6 is 0 Å². The molecule has 0 amide bonds. The first-order valence-corrected chi connectivity index (χ1v) is 6.87. The Morgan fingerprint density at radius 3 is 2.47 bits per heavy atom. The van der Waals surface area contributed by atoms with Crippen molar-refractivity contribution in [1.82, 2.24) is 0 Å². The van der Waals surface area contributed by atoms with Gasteiger partial charge in [0.15, 0.2) is 0 Å². The van der Waals surface area contributed by atoms with Gasteiger partial charge in [-0.1, -0.05) is 0 Å². The zero-order chi connectivity index (χ0) is 13.8. The quantitative estimate of drug-likeness (QED) is 0.637. The first-order chi connectivity index (χ1) is 8.16. The van der Waals surface area contributed by atoms with Gasteiger partial charge in [-0.25, -0.2) is 0 Å². The van der Waals surface area contributed by atoms with E-state index < -0.39 is 0 Å². The van der Waals surface area contributed by atoms with Crippen LogP contribution < -0.4 is 0 Å². The molecule has 0 nitrogen and oxygen atoms in total. The molecule has 0 radical (unpaired) electrons. The SMILES string of the molecule is [2H]c1c([2H])c(C)c2c(C)c(C(C)(C)C)[se]c2c1[2H]. The van der Waals surface area contributed by atoms with Crippen LogP contribution in [-0.4, -0.2) is 14.5 Å². The normalized spacial score (nSPS) is 15.1. The zero-order valence-electron chi connectivity index (χ0n) is 12.9. The zero-order valence-corrected chi connectivity index (χ0v) is 11.6. The Labute approximate surface area is 102 Å². The van der Waals surface area contributed by atoms with Crippen LogP contribution in [-0.2, 0) is 5.41 Å². The van der Waals surface area contributed by atoms with Crippen molar-refractivity contribution in [3.63, 3.8) is 0 Å². The molecule has 15 heavy (non-hydrogen) atoms. The Balaban J connectivity index is 2.98. The molecule has 0 saturated carbocycles. The Bertz CT molecular complexity index is 633. The molecule has 0 unspecified atom stereocenters. The van der Waals surface area contributed by atoms with E-state index in [9.17, 15) is 0 Å². The van der Waals surface area contributed by atoms with Crippen molar-refractivity contribution in [3.8, 4) is 0 Å². The molecule has 0 bridgehead atoms. The van der Waals surface area contributed by atoms with Gasteiger partial charge in [0.2, 0.25) is 0 Å². The minimum absolute atomic E-state index is 0.0797. The van der Waals surface area contributed by atoms with Crippen LogP contribution in [0.1, 0.15) is 40.4 Å². The summed E-state index contributed by atoms with van der Waals surface area (Å²) in [5.74, 6) is 0. The molecule has 0 N–H and O–H groups in total. The predicted molar refractivity (Wildman–Crippen MR) is 69.1 cm³/mol. The summed E-state index contributed by atoms with van der Waals surface area (Å²) in [5.41, 5.74) is 2.20. The summed E-state index contributed by atoms with van der Waals surface area (Å²) in [6, 6.07) is 0.555. The molecular formula is C14H18Se. The number of fused-ring (bicyclic) bond motifs is 1. The van der Waals surface area contributed by atoms with Gasteiger partial charge in [0.05, 0.1) is 0 Å². The van der Waals surface area contributed by atoms with E-state index in [0.717, 1.165) is 15.2 Å². The van der Waals surface area contributed by atoms with Crippen LogP contribution in [0.25, 0.3) is 9.65 Å². The van der Waals surface area contributed by atoms with Crippen molar-refractivity contribution in [3.05, 3.63) is 33.7 Å². The van der Waals surface area contributed by atoms with E-state index in [1.807, 2.05) is 6.92 Å². The first kappa shape index (κ1) is 7.70. The second kappa shape index (κ2) is 3.50. The first-order valence-electron chi connectivity index (χ1n) is 6.66. The summed E-state index contributed by atoms with van der Waals surface area (Å²) in [6.07, 6.45) is 0. The van der Waals surface area contributed by atoms with E-state index in [1.165, 1.54) is 10.0 Å². The number of aryl methyl sites for hydroxylation is 2. The molecule has 0 fully saturated rings. The third kappa shape index (κ3) is 1.79. The molecule has 0 spiro atoms. The van der Waals surface area contributed by atoms with Crippen molar-refractivity contribution in [2.45, 2.75) is 40.0 Å². The second-order valence-electron chi connectivity index (χ2n) is 5.01. The van der Waals surface area contributed by atoms with Crippen molar-refractivity contribution in [2.24, 2.45) is 0 Å². The fourth-order valence-corrected chi connectivity index (χ4v) is 4.69. The number of hydrogen-bond donors (Lipinski definition) is 0. The molecule has 1 heteroatoms. The second-order valence-corrected chi connectivity index (χ2v) is 7.15. The molecule has 0 aliphatic heterocycles. The van der Waals surface area contributed by atoms with Crippen molar-refractivity contribution < 1.29 is 4.11 Å². The summed E-state index contributed by atoms with van der Waals surface area (Å²) in [7, 11) is 0. The fourth-order valence-electron chi connectivity index (χ4n) is 2.01. The van der Waals surface area contributed by atoms with Crippen LogP contribution in [0.4, 0.5) is 0 Å². The van der Waals surface area contributed by atoms with Gasteiger partial charge in [0, 0.05) is 0 Å². The van der Waals surface area contributed by atoms with E-state index in [4.69, 9.17) is 4.11 Å².